The number of anilines is 2. The van der Waals surface area contributed by atoms with Crippen LogP contribution in [0.25, 0.3) is 0 Å². The number of fused-ring (bicyclic) bond motifs is 1. The van der Waals surface area contributed by atoms with Crippen molar-refractivity contribution < 1.29 is 9.18 Å². The highest BCUT2D eigenvalue weighted by Gasteiger charge is 2.44. The number of carbonyl (C=O) groups excluding carboxylic acids is 1. The van der Waals surface area contributed by atoms with E-state index in [0.717, 1.165) is 35.7 Å². The number of carbonyl (C=O) groups is 1. The van der Waals surface area contributed by atoms with Crippen LogP contribution in [-0.4, -0.2) is 23.9 Å². The first-order valence-corrected chi connectivity index (χ1v) is 10.9. The molecule has 1 fully saturated rings. The molecule has 1 N–H and O–H groups in total. The van der Waals surface area contributed by atoms with Crippen LogP contribution in [-0.2, 0) is 11.3 Å². The van der Waals surface area contributed by atoms with Gasteiger partial charge in [0.05, 0.1) is 6.42 Å². The Morgan fingerprint density at radius 1 is 1.18 bits per heavy atom. The molecule has 0 atom stereocenters. The molecule has 0 saturated heterocycles. The number of amides is 1. The molecule has 2 aromatic rings. The second-order valence-corrected chi connectivity index (χ2v) is 9.35. The first kappa shape index (κ1) is 19.3. The van der Waals surface area contributed by atoms with E-state index in [1.165, 1.54) is 21.7 Å². The Kier molecular flexibility index (Phi) is 5.13. The summed E-state index contributed by atoms with van der Waals surface area (Å²) in [4.78, 5) is 16.0. The number of thioether (sulfide) groups is 1. The predicted molar refractivity (Wildman–Crippen MR) is 115 cm³/mol. The lowest BCUT2D eigenvalue weighted by Crippen LogP contribution is -2.24. The highest BCUT2D eigenvalue weighted by molar-refractivity contribution is 7.99. The van der Waals surface area contributed by atoms with E-state index in [1.807, 2.05) is 25.6 Å². The molecule has 5 heteroatoms. The zero-order valence-electron chi connectivity index (χ0n) is 16.8. The first-order valence-electron chi connectivity index (χ1n) is 9.90. The summed E-state index contributed by atoms with van der Waals surface area (Å²) in [7, 11) is 0. The molecule has 1 aliphatic carbocycles. The van der Waals surface area contributed by atoms with Gasteiger partial charge in [-0.25, -0.2) is 4.39 Å². The molecule has 0 aromatic heterocycles. The summed E-state index contributed by atoms with van der Waals surface area (Å²) in [6, 6.07) is 10.9. The number of hydrogen-bond acceptors (Lipinski definition) is 3. The van der Waals surface area contributed by atoms with Crippen molar-refractivity contribution in [1.29, 1.82) is 0 Å². The predicted octanol–water partition coefficient (Wildman–Crippen LogP) is 5.55. The van der Waals surface area contributed by atoms with E-state index < -0.39 is 5.67 Å². The topological polar surface area (TPSA) is 32.3 Å². The summed E-state index contributed by atoms with van der Waals surface area (Å²) in [6.45, 7) is 8.03. The fourth-order valence-electron chi connectivity index (χ4n) is 3.80. The molecule has 2 aliphatic rings. The molecular formula is C23H27FN2OS. The number of nitrogens with one attached hydrogen (secondary N) is 1. The Labute approximate surface area is 170 Å². The monoisotopic (exact) mass is 398 g/mol. The van der Waals surface area contributed by atoms with Gasteiger partial charge in [0.25, 0.3) is 0 Å². The molecule has 1 heterocycles. The number of halogens is 1. The van der Waals surface area contributed by atoms with Crippen LogP contribution in [0.3, 0.4) is 0 Å². The quantitative estimate of drug-likeness (QED) is 0.732. The number of benzene rings is 2. The molecule has 1 saturated carbocycles. The lowest BCUT2D eigenvalue weighted by atomic mass is 10.1. The van der Waals surface area contributed by atoms with Crippen LogP contribution in [0.4, 0.5) is 15.8 Å². The maximum Gasteiger partial charge on any atom is 0.227 e. The minimum absolute atomic E-state index is 0.0345. The summed E-state index contributed by atoms with van der Waals surface area (Å²) in [6.07, 6.45) is 0.976. The number of nitrogens with zero attached hydrogens (tertiary/aromatic N) is 1. The van der Waals surface area contributed by atoms with Gasteiger partial charge >= 0.3 is 0 Å². The average Bonchev–Trinajstić information content (AvgIpc) is 3.39. The van der Waals surface area contributed by atoms with Crippen molar-refractivity contribution in [3.63, 3.8) is 0 Å². The molecule has 3 nitrogen and oxygen atoms in total. The van der Waals surface area contributed by atoms with Crippen molar-refractivity contribution in [1.82, 2.24) is 0 Å². The van der Waals surface area contributed by atoms with Gasteiger partial charge in [0, 0.05) is 35.1 Å². The van der Waals surface area contributed by atoms with Crippen molar-refractivity contribution in [3.8, 4) is 0 Å². The van der Waals surface area contributed by atoms with E-state index >= 15 is 0 Å². The van der Waals surface area contributed by atoms with Crippen molar-refractivity contribution in [2.75, 3.05) is 22.5 Å². The van der Waals surface area contributed by atoms with Crippen molar-refractivity contribution in [2.45, 2.75) is 57.1 Å². The SMILES string of the molecule is Cc1ccc2c(c1)SCCN(c1cc(C)c(NC(=O)CC3(F)CC3)c(C)c1)C2. The highest BCUT2D eigenvalue weighted by Crippen LogP contribution is 2.43. The first-order chi connectivity index (χ1) is 13.3. The summed E-state index contributed by atoms with van der Waals surface area (Å²) >= 11 is 1.92. The summed E-state index contributed by atoms with van der Waals surface area (Å²) in [5.41, 5.74) is 5.43. The molecule has 28 heavy (non-hydrogen) atoms. The molecule has 4 rings (SSSR count). The average molecular weight is 399 g/mol. The third-order valence-electron chi connectivity index (χ3n) is 5.62. The van der Waals surface area contributed by atoms with Gasteiger partial charge in [-0.3, -0.25) is 4.79 Å². The molecule has 0 bridgehead atoms. The third-order valence-corrected chi connectivity index (χ3v) is 6.70. The lowest BCUT2D eigenvalue weighted by Gasteiger charge is -2.25. The second-order valence-electron chi connectivity index (χ2n) is 8.21. The minimum atomic E-state index is -1.26. The minimum Gasteiger partial charge on any atom is -0.366 e. The van der Waals surface area contributed by atoms with Gasteiger partial charge in [-0.05, 0) is 74.1 Å². The van der Waals surface area contributed by atoms with Crippen molar-refractivity contribution >= 4 is 29.0 Å². The van der Waals surface area contributed by atoms with Gasteiger partial charge in [0.15, 0.2) is 0 Å². The zero-order valence-corrected chi connectivity index (χ0v) is 17.6. The summed E-state index contributed by atoms with van der Waals surface area (Å²) in [5, 5.41) is 2.94. The van der Waals surface area contributed by atoms with Crippen LogP contribution >= 0.6 is 11.8 Å². The van der Waals surface area contributed by atoms with Gasteiger partial charge < -0.3 is 10.2 Å². The highest BCUT2D eigenvalue weighted by atomic mass is 32.2. The lowest BCUT2D eigenvalue weighted by molar-refractivity contribution is -0.117. The number of rotatable bonds is 4. The zero-order chi connectivity index (χ0) is 19.9. The number of alkyl halides is 1. The van der Waals surface area contributed by atoms with Crippen molar-refractivity contribution in [2.24, 2.45) is 0 Å². The molecule has 0 radical (unpaired) electrons. The van der Waals surface area contributed by atoms with E-state index in [0.29, 0.717) is 12.8 Å². The summed E-state index contributed by atoms with van der Waals surface area (Å²) in [5.74, 6) is 0.820. The maximum atomic E-state index is 13.9. The van der Waals surface area contributed by atoms with Gasteiger partial charge in [0.1, 0.15) is 5.67 Å². The fourth-order valence-corrected chi connectivity index (χ4v) is 4.92. The molecule has 2 aromatic carbocycles. The van der Waals surface area contributed by atoms with E-state index in [1.54, 1.807) is 0 Å². The van der Waals surface area contributed by atoms with Crippen LogP contribution in [0.1, 0.15) is 41.5 Å². The third kappa shape index (κ3) is 4.19. The number of aryl methyl sites for hydroxylation is 3. The Bertz CT molecular complexity index is 900. The molecule has 1 amide bonds. The van der Waals surface area contributed by atoms with Crippen molar-refractivity contribution in [3.05, 3.63) is 52.6 Å². The van der Waals surface area contributed by atoms with Crippen LogP contribution in [0.5, 0.6) is 0 Å². The molecular weight excluding hydrogens is 371 g/mol. The largest absolute Gasteiger partial charge is 0.366 e. The van der Waals surface area contributed by atoms with Crippen LogP contribution in [0.2, 0.25) is 0 Å². The summed E-state index contributed by atoms with van der Waals surface area (Å²) < 4.78 is 13.9. The van der Waals surface area contributed by atoms with Crippen LogP contribution in [0.15, 0.2) is 35.2 Å². The van der Waals surface area contributed by atoms with Gasteiger partial charge in [-0.15, -0.1) is 11.8 Å². The smallest absolute Gasteiger partial charge is 0.227 e. The molecule has 0 spiro atoms. The van der Waals surface area contributed by atoms with Crippen LogP contribution in [0, 0.1) is 20.8 Å². The van der Waals surface area contributed by atoms with E-state index in [-0.39, 0.29) is 12.3 Å². The fraction of sp³-hybridized carbons (Fsp3) is 0.435. The maximum absolute atomic E-state index is 13.9. The van der Waals surface area contributed by atoms with Gasteiger partial charge in [-0.1, -0.05) is 12.1 Å². The Morgan fingerprint density at radius 2 is 1.89 bits per heavy atom. The Balaban J connectivity index is 1.54. The van der Waals surface area contributed by atoms with E-state index in [4.69, 9.17) is 0 Å². The van der Waals surface area contributed by atoms with Crippen LogP contribution < -0.4 is 10.2 Å². The molecule has 148 valence electrons. The van der Waals surface area contributed by atoms with Gasteiger partial charge in [0.2, 0.25) is 5.91 Å². The van der Waals surface area contributed by atoms with E-state index in [9.17, 15) is 9.18 Å². The molecule has 0 unspecified atom stereocenters. The normalized spacial score (nSPS) is 17.6. The Hall–Kier alpha value is -2.01. The molecule has 1 aliphatic heterocycles. The standard InChI is InChI=1S/C23H27FN2OS/c1-15-4-5-18-14-26(8-9-28-20(18)10-15)19-11-16(2)22(17(3)12-19)25-21(27)13-23(24)6-7-23/h4-5,10-12H,6-9,13-14H2,1-3H3,(H,25,27). The Morgan fingerprint density at radius 3 is 2.57 bits per heavy atom. The second kappa shape index (κ2) is 7.43. The van der Waals surface area contributed by atoms with Gasteiger partial charge in [-0.2, -0.15) is 0 Å². The van der Waals surface area contributed by atoms with E-state index in [2.05, 4.69) is 47.5 Å². The number of hydrogen-bond donors (Lipinski definition) is 1.